The molecule has 0 bridgehead atoms. The van der Waals surface area contributed by atoms with Gasteiger partial charge in [0.2, 0.25) is 5.88 Å². The molecule has 1 aromatic heterocycles. The molecule has 1 heterocycles. The lowest BCUT2D eigenvalue weighted by atomic mass is 9.95. The quantitative estimate of drug-likeness (QED) is 0.444. The summed E-state index contributed by atoms with van der Waals surface area (Å²) in [4.78, 5) is 14.1. The predicted molar refractivity (Wildman–Crippen MR) is 104 cm³/mol. The predicted octanol–water partition coefficient (Wildman–Crippen LogP) is 3.44. The molecule has 0 aliphatic carbocycles. The van der Waals surface area contributed by atoms with Crippen LogP contribution in [0.25, 0.3) is 11.1 Å². The molecular weight excluding hydrogens is 363 g/mol. The van der Waals surface area contributed by atoms with Crippen LogP contribution in [-0.4, -0.2) is 28.7 Å². The van der Waals surface area contributed by atoms with Crippen LogP contribution in [0.3, 0.4) is 0 Å². The van der Waals surface area contributed by atoms with Crippen molar-refractivity contribution in [1.82, 2.24) is 5.16 Å². The van der Waals surface area contributed by atoms with Crippen molar-refractivity contribution in [1.29, 1.82) is 0 Å². The largest absolute Gasteiger partial charge is 0.480 e. The Morgan fingerprint density at radius 3 is 2.68 bits per heavy atom. The van der Waals surface area contributed by atoms with Crippen molar-refractivity contribution in [2.75, 3.05) is 11.9 Å². The molecule has 144 valence electrons. The van der Waals surface area contributed by atoms with Gasteiger partial charge in [0.25, 0.3) is 0 Å². The highest BCUT2D eigenvalue weighted by atomic mass is 19.1. The van der Waals surface area contributed by atoms with E-state index in [2.05, 4.69) is 15.5 Å². The van der Waals surface area contributed by atoms with Gasteiger partial charge in [0.15, 0.2) is 5.96 Å². The van der Waals surface area contributed by atoms with Crippen molar-refractivity contribution in [2.45, 2.75) is 12.8 Å². The zero-order chi connectivity index (χ0) is 20.1. The summed E-state index contributed by atoms with van der Waals surface area (Å²) in [5.41, 5.74) is 8.57. The SMILES string of the molecule is CC(c1ccc(-c2ccccc2F)cc1)c1cc(NC(N)=NCC(=O)O)on1. The van der Waals surface area contributed by atoms with Gasteiger partial charge in [0, 0.05) is 17.5 Å². The Balaban J connectivity index is 1.72. The van der Waals surface area contributed by atoms with E-state index in [9.17, 15) is 9.18 Å². The molecule has 0 aliphatic heterocycles. The van der Waals surface area contributed by atoms with Gasteiger partial charge in [-0.15, -0.1) is 0 Å². The van der Waals surface area contributed by atoms with Gasteiger partial charge in [-0.3, -0.25) is 10.1 Å². The number of carboxylic acids is 1. The second-order valence-electron chi connectivity index (χ2n) is 6.16. The third-order valence-electron chi connectivity index (χ3n) is 4.20. The van der Waals surface area contributed by atoms with E-state index in [1.165, 1.54) is 6.07 Å². The van der Waals surface area contributed by atoms with Gasteiger partial charge in [-0.1, -0.05) is 54.5 Å². The van der Waals surface area contributed by atoms with Crippen molar-refractivity contribution in [3.63, 3.8) is 0 Å². The Morgan fingerprint density at radius 1 is 1.29 bits per heavy atom. The highest BCUT2D eigenvalue weighted by Gasteiger charge is 2.15. The number of anilines is 1. The summed E-state index contributed by atoms with van der Waals surface area (Å²) < 4.78 is 19.1. The van der Waals surface area contributed by atoms with Crippen LogP contribution in [0.5, 0.6) is 0 Å². The van der Waals surface area contributed by atoms with Gasteiger partial charge in [0.1, 0.15) is 12.4 Å². The van der Waals surface area contributed by atoms with Crippen LogP contribution in [0, 0.1) is 5.82 Å². The normalized spacial score (nSPS) is 12.6. The molecule has 3 aromatic rings. The lowest BCUT2D eigenvalue weighted by Crippen LogP contribution is -2.23. The number of aliphatic carboxylic acids is 1. The smallest absolute Gasteiger partial charge is 0.325 e. The topological polar surface area (TPSA) is 114 Å². The second kappa shape index (κ2) is 8.34. The van der Waals surface area contributed by atoms with Crippen molar-refractivity contribution in [2.24, 2.45) is 10.7 Å². The minimum Gasteiger partial charge on any atom is -0.480 e. The van der Waals surface area contributed by atoms with Crippen LogP contribution in [-0.2, 0) is 4.79 Å². The van der Waals surface area contributed by atoms with Gasteiger partial charge in [0.05, 0.1) is 5.69 Å². The number of rotatable bonds is 6. The summed E-state index contributed by atoms with van der Waals surface area (Å²) in [5, 5.41) is 15.3. The number of nitrogens with two attached hydrogens (primary N) is 1. The fraction of sp³-hybridized carbons (Fsp3) is 0.150. The number of halogens is 1. The molecule has 0 radical (unpaired) electrons. The molecule has 7 nitrogen and oxygen atoms in total. The molecule has 0 saturated carbocycles. The lowest BCUT2D eigenvalue weighted by molar-refractivity contribution is -0.135. The number of carboxylic acid groups (broad SMARTS) is 1. The van der Waals surface area contributed by atoms with Crippen molar-refractivity contribution < 1.29 is 18.8 Å². The summed E-state index contributed by atoms with van der Waals surface area (Å²) >= 11 is 0. The second-order valence-corrected chi connectivity index (χ2v) is 6.16. The summed E-state index contributed by atoms with van der Waals surface area (Å²) in [6.45, 7) is 1.52. The van der Waals surface area contributed by atoms with E-state index < -0.39 is 12.5 Å². The van der Waals surface area contributed by atoms with Gasteiger partial charge in [-0.25, -0.2) is 9.38 Å². The van der Waals surface area contributed by atoms with E-state index in [1.54, 1.807) is 24.3 Å². The molecule has 28 heavy (non-hydrogen) atoms. The Hall–Kier alpha value is -3.68. The fourth-order valence-corrected chi connectivity index (χ4v) is 2.69. The minimum atomic E-state index is -1.09. The molecule has 3 rings (SSSR count). The maximum Gasteiger partial charge on any atom is 0.325 e. The molecule has 0 saturated heterocycles. The number of benzene rings is 2. The molecule has 0 spiro atoms. The van der Waals surface area contributed by atoms with Crippen LogP contribution in [0.15, 0.2) is 64.1 Å². The standard InChI is InChI=1S/C20H19FN4O3/c1-12(17-10-18(28-25-17)24-20(22)23-11-19(26)27)13-6-8-14(9-7-13)15-4-2-3-5-16(15)21/h2-10,12H,11H2,1H3,(H,26,27)(H3,22,23,24). The Kier molecular flexibility index (Phi) is 5.69. The number of hydrogen-bond donors (Lipinski definition) is 3. The zero-order valence-electron chi connectivity index (χ0n) is 15.1. The first kappa shape index (κ1) is 19.1. The highest BCUT2D eigenvalue weighted by Crippen LogP contribution is 2.28. The van der Waals surface area contributed by atoms with Gasteiger partial charge in [-0.2, -0.15) is 0 Å². The Morgan fingerprint density at radius 2 is 2.00 bits per heavy atom. The first-order valence-corrected chi connectivity index (χ1v) is 8.54. The molecule has 4 N–H and O–H groups in total. The molecule has 8 heteroatoms. The lowest BCUT2D eigenvalue weighted by Gasteiger charge is -2.10. The molecule has 1 atom stereocenters. The van der Waals surface area contributed by atoms with Crippen molar-refractivity contribution >= 4 is 17.8 Å². The number of aromatic nitrogens is 1. The number of nitrogens with one attached hydrogen (secondary N) is 1. The molecule has 0 amide bonds. The number of guanidine groups is 1. The Bertz CT molecular complexity index is 999. The molecular formula is C20H19FN4O3. The van der Waals surface area contributed by atoms with Gasteiger partial charge in [-0.05, 0) is 17.2 Å². The number of hydrogen-bond acceptors (Lipinski definition) is 4. The Labute approximate surface area is 160 Å². The zero-order valence-corrected chi connectivity index (χ0v) is 15.1. The average Bonchev–Trinajstić information content (AvgIpc) is 3.15. The van der Waals surface area contributed by atoms with Crippen LogP contribution >= 0.6 is 0 Å². The van der Waals surface area contributed by atoms with E-state index in [-0.39, 0.29) is 23.6 Å². The van der Waals surface area contributed by atoms with Crippen LogP contribution < -0.4 is 11.1 Å². The van der Waals surface area contributed by atoms with E-state index in [0.717, 1.165) is 11.1 Å². The first-order chi connectivity index (χ1) is 13.4. The number of carbonyl (C=O) groups is 1. The van der Waals surface area contributed by atoms with Gasteiger partial charge >= 0.3 is 5.97 Å². The summed E-state index contributed by atoms with van der Waals surface area (Å²) in [6.07, 6.45) is 0. The molecule has 1 unspecified atom stereocenters. The third-order valence-corrected chi connectivity index (χ3v) is 4.20. The summed E-state index contributed by atoms with van der Waals surface area (Å²) in [5.74, 6) is -1.25. The van der Waals surface area contributed by atoms with Crippen LogP contribution in [0.4, 0.5) is 10.3 Å². The summed E-state index contributed by atoms with van der Waals surface area (Å²) in [6, 6.07) is 15.8. The van der Waals surface area contributed by atoms with Crippen LogP contribution in [0.1, 0.15) is 24.1 Å². The van der Waals surface area contributed by atoms with Crippen LogP contribution in [0.2, 0.25) is 0 Å². The maximum atomic E-state index is 13.9. The fourth-order valence-electron chi connectivity index (χ4n) is 2.69. The monoisotopic (exact) mass is 382 g/mol. The van der Waals surface area contributed by atoms with E-state index in [1.807, 2.05) is 31.2 Å². The minimum absolute atomic E-state index is 0.0769. The van der Waals surface area contributed by atoms with Gasteiger partial charge < -0.3 is 15.4 Å². The van der Waals surface area contributed by atoms with E-state index in [0.29, 0.717) is 11.3 Å². The maximum absolute atomic E-state index is 13.9. The molecule has 2 aromatic carbocycles. The third kappa shape index (κ3) is 4.53. The summed E-state index contributed by atoms with van der Waals surface area (Å²) in [7, 11) is 0. The van der Waals surface area contributed by atoms with Crippen molar-refractivity contribution in [3.8, 4) is 11.1 Å². The number of nitrogens with zero attached hydrogens (tertiary/aromatic N) is 2. The highest BCUT2D eigenvalue weighted by molar-refractivity contribution is 5.92. The molecule has 0 fully saturated rings. The molecule has 0 aliphatic rings. The van der Waals surface area contributed by atoms with Crippen molar-refractivity contribution in [3.05, 3.63) is 71.7 Å². The van der Waals surface area contributed by atoms with E-state index >= 15 is 0 Å². The van der Waals surface area contributed by atoms with E-state index in [4.69, 9.17) is 15.4 Å². The first-order valence-electron chi connectivity index (χ1n) is 8.54. The average molecular weight is 382 g/mol. The number of aliphatic imine (C=N–C) groups is 1.